The molecule has 13 heteroatoms. The molecule has 54 heavy (non-hydrogen) atoms. The number of carbonyl (C=O) groups is 1. The molecular formula is C41H38ClFN6O5. The second-order valence-corrected chi connectivity index (χ2v) is 15.3. The van der Waals surface area contributed by atoms with Crippen LogP contribution < -0.4 is 14.8 Å². The number of carbonyl (C=O) groups excluding carboxylic acids is 1. The van der Waals surface area contributed by atoms with Crippen molar-refractivity contribution in [3.63, 3.8) is 0 Å². The number of fused-ring (bicyclic) bond motifs is 2. The van der Waals surface area contributed by atoms with Gasteiger partial charge in [0.1, 0.15) is 16.9 Å². The number of aromatic nitrogens is 2. The van der Waals surface area contributed by atoms with Gasteiger partial charge < -0.3 is 24.3 Å². The first-order valence-corrected chi connectivity index (χ1v) is 18.6. The molecule has 5 heterocycles. The van der Waals surface area contributed by atoms with E-state index in [4.69, 9.17) is 32.1 Å². The number of oxazole rings is 1. The second-order valence-electron chi connectivity index (χ2n) is 14.9. The Balaban J connectivity index is 0.963. The van der Waals surface area contributed by atoms with Gasteiger partial charge in [-0.15, -0.1) is 0 Å². The van der Waals surface area contributed by atoms with E-state index in [1.54, 1.807) is 31.4 Å². The summed E-state index contributed by atoms with van der Waals surface area (Å²) in [6, 6.07) is 16.5. The summed E-state index contributed by atoms with van der Waals surface area (Å²) in [5, 5.41) is 13.4. The van der Waals surface area contributed by atoms with Crippen molar-refractivity contribution in [1.82, 2.24) is 25.1 Å². The number of aliphatic hydroxyl groups is 1. The minimum absolute atomic E-state index is 0.103. The molecule has 0 unspecified atom stereocenters. The van der Waals surface area contributed by atoms with Crippen LogP contribution >= 0.6 is 11.6 Å². The Morgan fingerprint density at radius 1 is 1.06 bits per heavy atom. The van der Waals surface area contributed by atoms with E-state index in [1.807, 2.05) is 30.3 Å². The number of aliphatic hydroxyl groups excluding tert-OH is 1. The van der Waals surface area contributed by atoms with Crippen LogP contribution in [0.25, 0.3) is 38.5 Å². The maximum Gasteiger partial charge on any atom is 0.236 e. The predicted molar refractivity (Wildman–Crippen MR) is 200 cm³/mol. The molecule has 1 spiro atoms. The number of hydrogen-bond acceptors (Lipinski definition) is 9. The van der Waals surface area contributed by atoms with Gasteiger partial charge >= 0.3 is 0 Å². The number of ether oxygens (including phenoxy) is 2. The van der Waals surface area contributed by atoms with Crippen LogP contribution in [0, 0.1) is 12.4 Å². The van der Waals surface area contributed by atoms with E-state index < -0.39 is 5.82 Å². The summed E-state index contributed by atoms with van der Waals surface area (Å²) < 4.78 is 34.7. The van der Waals surface area contributed by atoms with Crippen LogP contribution in [0.2, 0.25) is 5.02 Å². The van der Waals surface area contributed by atoms with Crippen LogP contribution in [-0.4, -0.2) is 75.7 Å². The van der Waals surface area contributed by atoms with Crippen molar-refractivity contribution in [2.24, 2.45) is 0 Å². The third-order valence-electron chi connectivity index (χ3n) is 11.2. The van der Waals surface area contributed by atoms with Gasteiger partial charge in [0.25, 0.3) is 0 Å². The number of likely N-dealkylation sites (tertiary alicyclic amines) is 2. The molecule has 5 aromatic rings. The van der Waals surface area contributed by atoms with Gasteiger partial charge in [0, 0.05) is 56.8 Å². The maximum absolute atomic E-state index is 16.6. The number of hydrogen-bond donors (Lipinski definition) is 2. The van der Waals surface area contributed by atoms with Gasteiger partial charge in [-0.2, -0.15) is 4.98 Å². The van der Waals surface area contributed by atoms with Gasteiger partial charge in [-0.05, 0) is 72.2 Å². The molecule has 4 aliphatic rings. The SMILES string of the molecule is [C-]#[N+]c1cc(CN2CC3(CCC(=O)N3)C2)cc2nc(-c3cccc(-c4cccc5c4CC[C@H]5Oc4nc(OC)c(CN5CC[C@@H](O)C5)cc4Cl)c3F)oc12. The highest BCUT2D eigenvalue weighted by Gasteiger charge is 2.47. The molecule has 3 fully saturated rings. The lowest BCUT2D eigenvalue weighted by molar-refractivity contribution is -0.120. The molecule has 9 rings (SSSR count). The van der Waals surface area contributed by atoms with Gasteiger partial charge in [-0.3, -0.25) is 14.6 Å². The van der Waals surface area contributed by atoms with E-state index in [-0.39, 0.29) is 41.0 Å². The van der Waals surface area contributed by atoms with E-state index in [1.165, 1.54) is 0 Å². The fourth-order valence-corrected chi connectivity index (χ4v) is 8.86. The largest absolute Gasteiger partial charge is 0.481 e. The van der Waals surface area contributed by atoms with Crippen molar-refractivity contribution in [2.45, 2.75) is 62.9 Å². The summed E-state index contributed by atoms with van der Waals surface area (Å²) in [7, 11) is 1.56. The Hall–Kier alpha value is -5.06. The summed E-state index contributed by atoms with van der Waals surface area (Å²) in [6.45, 7) is 11.9. The molecule has 0 saturated carbocycles. The summed E-state index contributed by atoms with van der Waals surface area (Å²) in [6.07, 6.45) is 2.77. The number of rotatable bonds is 9. The monoisotopic (exact) mass is 748 g/mol. The molecule has 2 atom stereocenters. The Morgan fingerprint density at radius 2 is 1.87 bits per heavy atom. The summed E-state index contributed by atoms with van der Waals surface area (Å²) in [5.74, 6) is 0.433. The number of nitrogens with one attached hydrogen (secondary N) is 1. The molecule has 0 radical (unpaired) electrons. The first-order chi connectivity index (χ1) is 26.2. The zero-order valence-corrected chi connectivity index (χ0v) is 30.5. The first kappa shape index (κ1) is 34.7. The minimum Gasteiger partial charge on any atom is -0.481 e. The van der Waals surface area contributed by atoms with Crippen molar-refractivity contribution in [3.8, 4) is 34.3 Å². The van der Waals surface area contributed by atoms with Crippen molar-refractivity contribution in [3.05, 3.63) is 99.1 Å². The van der Waals surface area contributed by atoms with E-state index in [0.29, 0.717) is 72.1 Å². The summed E-state index contributed by atoms with van der Waals surface area (Å²) >= 11 is 6.71. The average Bonchev–Trinajstić information content (AvgIpc) is 3.95. The molecule has 11 nitrogen and oxygen atoms in total. The van der Waals surface area contributed by atoms with E-state index in [0.717, 1.165) is 60.3 Å². The van der Waals surface area contributed by atoms with Crippen LogP contribution in [0.1, 0.15) is 54.0 Å². The number of methoxy groups -OCH3 is 1. The molecule has 3 aliphatic heterocycles. The van der Waals surface area contributed by atoms with Gasteiger partial charge in [-0.25, -0.2) is 14.2 Å². The van der Waals surface area contributed by atoms with Crippen molar-refractivity contribution in [2.75, 3.05) is 33.3 Å². The smallest absolute Gasteiger partial charge is 0.236 e. The summed E-state index contributed by atoms with van der Waals surface area (Å²) in [5.41, 5.74) is 6.02. The van der Waals surface area contributed by atoms with Crippen molar-refractivity contribution in [1.29, 1.82) is 0 Å². The lowest BCUT2D eigenvalue weighted by Crippen LogP contribution is -2.66. The Labute approximate surface area is 316 Å². The highest BCUT2D eigenvalue weighted by molar-refractivity contribution is 6.31. The molecule has 276 valence electrons. The number of β-amino-alcohol motifs (C(OH)–C–C–N with tert-alkyl or cyclic N) is 1. The van der Waals surface area contributed by atoms with Gasteiger partial charge in [-0.1, -0.05) is 41.9 Å². The highest BCUT2D eigenvalue weighted by atomic mass is 35.5. The minimum atomic E-state index is -0.466. The molecule has 3 aromatic carbocycles. The lowest BCUT2D eigenvalue weighted by atomic mass is 9.88. The average molecular weight is 749 g/mol. The van der Waals surface area contributed by atoms with Gasteiger partial charge in [0.15, 0.2) is 5.58 Å². The van der Waals surface area contributed by atoms with Crippen LogP contribution in [0.5, 0.6) is 11.8 Å². The number of amides is 1. The third kappa shape index (κ3) is 6.25. The zero-order valence-electron chi connectivity index (χ0n) is 29.7. The maximum atomic E-state index is 16.6. The van der Waals surface area contributed by atoms with Crippen molar-refractivity contribution < 1.29 is 28.2 Å². The highest BCUT2D eigenvalue weighted by Crippen LogP contribution is 2.44. The first-order valence-electron chi connectivity index (χ1n) is 18.2. The van der Waals surface area contributed by atoms with Crippen LogP contribution in [0.3, 0.4) is 0 Å². The fourth-order valence-electron chi connectivity index (χ4n) is 8.65. The van der Waals surface area contributed by atoms with Crippen molar-refractivity contribution >= 4 is 34.3 Å². The summed E-state index contributed by atoms with van der Waals surface area (Å²) in [4.78, 5) is 29.2. The Bertz CT molecular complexity index is 2350. The normalized spacial score (nSPS) is 20.6. The van der Waals surface area contributed by atoms with Gasteiger partial charge in [0.2, 0.25) is 29.2 Å². The Morgan fingerprint density at radius 3 is 2.63 bits per heavy atom. The predicted octanol–water partition coefficient (Wildman–Crippen LogP) is 7.01. The fraction of sp³-hybridized carbons (Fsp3) is 0.366. The molecule has 1 aliphatic carbocycles. The number of nitrogens with zero attached hydrogens (tertiary/aromatic N) is 5. The van der Waals surface area contributed by atoms with Crippen LogP contribution in [0.4, 0.5) is 10.1 Å². The van der Waals surface area contributed by atoms with Crippen LogP contribution in [-0.2, 0) is 24.3 Å². The third-order valence-corrected chi connectivity index (χ3v) is 11.4. The molecular weight excluding hydrogens is 711 g/mol. The molecule has 2 aromatic heterocycles. The molecule has 3 saturated heterocycles. The Kier molecular flexibility index (Phi) is 8.77. The standard InChI is InChI=1S/C41H38ClFN6O5/c1-44-32-15-23(18-49-21-41(22-49)13-11-35(51)47-41)16-33-37(32)54-39(45-33)30-8-4-7-29(36(30)43)26-5-3-6-28-27(26)9-10-34(28)53-40-31(42)17-24(38(46-40)52-2)19-48-14-12-25(50)20-48/h3-8,15-17,25,34,50H,9-14,18-22H2,2H3,(H,47,51)/t25-,34-/m1/s1. The molecule has 0 bridgehead atoms. The van der Waals surface area contributed by atoms with E-state index >= 15 is 4.39 Å². The number of benzene rings is 3. The quantitative estimate of drug-likeness (QED) is 0.154. The second kappa shape index (κ2) is 13.7. The molecule has 2 N–H and O–H groups in total. The van der Waals surface area contributed by atoms with E-state index in [9.17, 15) is 9.90 Å². The zero-order chi connectivity index (χ0) is 37.1. The number of halogens is 2. The lowest BCUT2D eigenvalue weighted by Gasteiger charge is -2.48. The van der Waals surface area contributed by atoms with Gasteiger partial charge in [0.05, 0.1) is 36.4 Å². The number of pyridine rings is 1. The molecule has 1 amide bonds. The van der Waals surface area contributed by atoms with E-state index in [2.05, 4.69) is 29.9 Å². The topological polar surface area (TPSA) is 118 Å². The van der Waals surface area contributed by atoms with Crippen LogP contribution in [0.15, 0.2) is 59.0 Å².